The summed E-state index contributed by atoms with van der Waals surface area (Å²) in [6.07, 6.45) is -0.985. The lowest BCUT2D eigenvalue weighted by molar-refractivity contribution is -0.137. The first kappa shape index (κ1) is 26.6. The third-order valence-electron chi connectivity index (χ3n) is 4.97. The molecule has 0 radical (unpaired) electrons. The van der Waals surface area contributed by atoms with Gasteiger partial charge in [0.25, 0.3) is 5.91 Å². The van der Waals surface area contributed by atoms with E-state index in [0.717, 1.165) is 36.6 Å². The molecule has 1 heterocycles. The monoisotopic (exact) mass is 466 g/mol. The summed E-state index contributed by atoms with van der Waals surface area (Å²) in [5.74, 6) is -0.908. The van der Waals surface area contributed by atoms with Crippen LogP contribution in [-0.4, -0.2) is 27.8 Å². The second kappa shape index (κ2) is 10.1. The highest BCUT2D eigenvalue weighted by Crippen LogP contribution is 2.33. The zero-order valence-corrected chi connectivity index (χ0v) is 20.1. The van der Waals surface area contributed by atoms with Gasteiger partial charge in [-0.05, 0) is 61.6 Å². The van der Waals surface area contributed by atoms with Crippen molar-refractivity contribution >= 4 is 5.91 Å². The molecule has 0 aliphatic rings. The van der Waals surface area contributed by atoms with Crippen LogP contribution in [-0.2, 0) is 18.1 Å². The highest BCUT2D eigenvalue weighted by Gasteiger charge is 2.32. The third-order valence-corrected chi connectivity index (χ3v) is 4.97. The van der Waals surface area contributed by atoms with Crippen molar-refractivity contribution in [1.82, 2.24) is 4.57 Å². The molecule has 0 unspecified atom stereocenters. The van der Waals surface area contributed by atoms with E-state index in [2.05, 4.69) is 4.99 Å². The summed E-state index contributed by atoms with van der Waals surface area (Å²) in [5, 5.41) is 9.94. The van der Waals surface area contributed by atoms with Gasteiger partial charge in [-0.15, -0.1) is 0 Å². The Morgan fingerprint density at radius 2 is 1.73 bits per heavy atom. The van der Waals surface area contributed by atoms with Crippen LogP contribution in [0.5, 0.6) is 5.75 Å². The summed E-state index contributed by atoms with van der Waals surface area (Å²) < 4.78 is 47.3. The van der Waals surface area contributed by atoms with E-state index in [-0.39, 0.29) is 23.3 Å². The van der Waals surface area contributed by atoms with Crippen molar-refractivity contribution in [1.29, 1.82) is 0 Å². The Balaban J connectivity index is 2.62. The summed E-state index contributed by atoms with van der Waals surface area (Å²) in [5.41, 5.74) is -1.40. The molecule has 182 valence electrons. The topological polar surface area (TPSA) is 63.8 Å². The number of hydrogen-bond donors (Lipinski definition) is 1. The van der Waals surface area contributed by atoms with Crippen molar-refractivity contribution in [2.24, 2.45) is 4.99 Å². The van der Waals surface area contributed by atoms with E-state index in [1.54, 1.807) is 6.07 Å². The van der Waals surface area contributed by atoms with Crippen LogP contribution < -0.4 is 10.2 Å². The van der Waals surface area contributed by atoms with Gasteiger partial charge in [-0.3, -0.25) is 4.79 Å². The molecule has 0 spiro atoms. The fraction of sp³-hybridized carbons (Fsp3) is 0.520. The first-order valence-electron chi connectivity index (χ1n) is 11.0. The molecular weight excluding hydrogens is 433 g/mol. The largest absolute Gasteiger partial charge is 0.490 e. The maximum absolute atomic E-state index is 13.3. The van der Waals surface area contributed by atoms with Crippen molar-refractivity contribution in [2.45, 2.75) is 78.1 Å². The Morgan fingerprint density at radius 1 is 1.06 bits per heavy atom. The van der Waals surface area contributed by atoms with Crippen LogP contribution in [0.4, 0.5) is 13.2 Å². The molecule has 0 aliphatic heterocycles. The minimum absolute atomic E-state index is 0.0639. The number of aliphatic hydroxyl groups is 1. The van der Waals surface area contributed by atoms with E-state index < -0.39 is 23.2 Å². The average molecular weight is 467 g/mol. The molecule has 1 N–H and O–H groups in total. The zero-order valence-electron chi connectivity index (χ0n) is 20.1. The molecule has 0 atom stereocenters. The summed E-state index contributed by atoms with van der Waals surface area (Å²) in [4.78, 5) is 17.3. The number of ether oxygens (including phenoxy) is 1. The predicted octanol–water partition coefficient (Wildman–Crippen LogP) is 5.50. The Kier molecular flexibility index (Phi) is 8.17. The van der Waals surface area contributed by atoms with Gasteiger partial charge in [0.1, 0.15) is 17.8 Å². The quantitative estimate of drug-likeness (QED) is 0.587. The molecule has 5 nitrogen and oxygen atoms in total. The molecule has 0 saturated heterocycles. The molecule has 0 bridgehead atoms. The molecular formula is C25H33F3N2O3. The molecule has 8 heteroatoms. The van der Waals surface area contributed by atoms with Gasteiger partial charge in [0, 0.05) is 12.7 Å². The molecule has 0 aliphatic carbocycles. The predicted molar refractivity (Wildman–Crippen MR) is 121 cm³/mol. The van der Waals surface area contributed by atoms with E-state index in [1.165, 1.54) is 13.8 Å². The number of nitrogens with zero attached hydrogens (tertiary/aromatic N) is 2. The fourth-order valence-electron chi connectivity index (χ4n) is 3.02. The molecule has 1 amide bonds. The minimum atomic E-state index is -4.63. The van der Waals surface area contributed by atoms with Crippen molar-refractivity contribution in [3.8, 4) is 5.75 Å². The number of alkyl halides is 3. The van der Waals surface area contributed by atoms with Gasteiger partial charge in [0.15, 0.2) is 0 Å². The first-order chi connectivity index (χ1) is 15.1. The molecule has 2 rings (SSSR count). The maximum Gasteiger partial charge on any atom is 0.416 e. The number of carbonyl (C=O) groups is 1. The molecule has 1 aromatic heterocycles. The lowest BCUT2D eigenvalue weighted by Crippen LogP contribution is -2.28. The summed E-state index contributed by atoms with van der Waals surface area (Å²) >= 11 is 0. The van der Waals surface area contributed by atoms with Crippen molar-refractivity contribution in [2.75, 3.05) is 6.61 Å². The van der Waals surface area contributed by atoms with Gasteiger partial charge >= 0.3 is 6.18 Å². The van der Waals surface area contributed by atoms with Gasteiger partial charge in [-0.25, -0.2) is 0 Å². The number of amides is 1. The van der Waals surface area contributed by atoms with Gasteiger partial charge in [0.2, 0.25) is 0 Å². The van der Waals surface area contributed by atoms with E-state index in [9.17, 15) is 23.1 Å². The number of benzene rings is 1. The first-order valence-corrected chi connectivity index (χ1v) is 11.0. The van der Waals surface area contributed by atoms with Crippen molar-refractivity contribution < 1.29 is 27.8 Å². The normalized spacial score (nSPS) is 13.3. The van der Waals surface area contributed by atoms with Crippen molar-refractivity contribution in [3.63, 3.8) is 0 Å². The smallest absolute Gasteiger partial charge is 0.416 e. The van der Waals surface area contributed by atoms with E-state index in [0.29, 0.717) is 12.0 Å². The van der Waals surface area contributed by atoms with Crippen LogP contribution >= 0.6 is 0 Å². The van der Waals surface area contributed by atoms with Crippen LogP contribution in [0.1, 0.15) is 75.9 Å². The van der Waals surface area contributed by atoms with Gasteiger partial charge < -0.3 is 14.4 Å². The number of carbonyl (C=O) groups excluding carboxylic acids is 1. The SMILES string of the molecule is CCCCn1ccc(C(C)(C)C)c/c1=N\C(=O)c1cc(C(F)(F)F)ccc1OCC(C)(C)O. The second-order valence-corrected chi connectivity index (χ2v) is 9.80. The van der Waals surface area contributed by atoms with Gasteiger partial charge in [-0.2, -0.15) is 18.2 Å². The van der Waals surface area contributed by atoms with Crippen LogP contribution in [0.15, 0.2) is 41.5 Å². The standard InChI is InChI=1S/C25H33F3N2O3/c1-7-8-12-30-13-11-17(23(2,3)4)15-21(30)29-22(31)19-14-18(25(26,27)28)9-10-20(19)33-16-24(5,6)32/h9-11,13-15,32H,7-8,12,16H2,1-6H3/b29-21+. The third kappa shape index (κ3) is 7.74. The van der Waals surface area contributed by atoms with Gasteiger partial charge in [0.05, 0.1) is 16.7 Å². The Labute approximate surface area is 192 Å². The maximum atomic E-state index is 13.3. The molecule has 33 heavy (non-hydrogen) atoms. The Hall–Kier alpha value is -2.61. The van der Waals surface area contributed by atoms with E-state index >= 15 is 0 Å². The number of halogens is 3. The number of rotatable bonds is 7. The highest BCUT2D eigenvalue weighted by molar-refractivity contribution is 5.97. The Morgan fingerprint density at radius 3 is 2.27 bits per heavy atom. The van der Waals surface area contributed by atoms with Crippen LogP contribution in [0.3, 0.4) is 0 Å². The van der Waals surface area contributed by atoms with Crippen LogP contribution in [0, 0.1) is 0 Å². The van der Waals surface area contributed by atoms with Gasteiger partial charge in [-0.1, -0.05) is 34.1 Å². The fourth-order valence-corrected chi connectivity index (χ4v) is 3.02. The summed E-state index contributed by atoms with van der Waals surface area (Å²) in [6.45, 7) is 11.5. The molecule has 0 saturated carbocycles. The minimum Gasteiger partial charge on any atom is -0.490 e. The Bertz CT molecular complexity index is 1040. The lowest BCUT2D eigenvalue weighted by atomic mass is 9.88. The van der Waals surface area contributed by atoms with E-state index in [1.807, 2.05) is 44.5 Å². The molecule has 1 aromatic carbocycles. The molecule has 0 fully saturated rings. The lowest BCUT2D eigenvalue weighted by Gasteiger charge is -2.20. The van der Waals surface area contributed by atoms with Crippen LogP contribution in [0.2, 0.25) is 0 Å². The summed E-state index contributed by atoms with van der Waals surface area (Å²) in [6, 6.07) is 6.43. The average Bonchev–Trinajstić information content (AvgIpc) is 2.69. The number of hydrogen-bond acceptors (Lipinski definition) is 3. The summed E-state index contributed by atoms with van der Waals surface area (Å²) in [7, 11) is 0. The number of aromatic nitrogens is 1. The number of pyridine rings is 1. The van der Waals surface area contributed by atoms with Crippen molar-refractivity contribution in [3.05, 3.63) is 58.7 Å². The zero-order chi connectivity index (χ0) is 25.0. The van der Waals surface area contributed by atoms with Crippen LogP contribution in [0.25, 0.3) is 0 Å². The number of unbranched alkanes of at least 4 members (excludes halogenated alkanes) is 1. The number of aryl methyl sites for hydroxylation is 1. The molecule has 2 aromatic rings. The second-order valence-electron chi connectivity index (χ2n) is 9.80. The highest BCUT2D eigenvalue weighted by atomic mass is 19.4. The van der Waals surface area contributed by atoms with E-state index in [4.69, 9.17) is 4.74 Å².